The minimum atomic E-state index is -0.0404. The smallest absolute Gasteiger partial charge is 0.246 e. The van der Waals surface area contributed by atoms with Crippen LogP contribution in [-0.2, 0) is 5.54 Å². The van der Waals surface area contributed by atoms with E-state index < -0.39 is 0 Å². The zero-order valence-corrected chi connectivity index (χ0v) is 8.37. The summed E-state index contributed by atoms with van der Waals surface area (Å²) in [5.41, 5.74) is -0.0404. The molecule has 1 aliphatic rings. The summed E-state index contributed by atoms with van der Waals surface area (Å²) in [6.45, 7) is 5.12. The SMILES string of the molecule is Cc1noc(C2(C)CCCN2C)n1. The molecule has 1 unspecified atom stereocenters. The van der Waals surface area contributed by atoms with Crippen LogP contribution in [-0.4, -0.2) is 28.6 Å². The molecule has 13 heavy (non-hydrogen) atoms. The number of hydrogen-bond acceptors (Lipinski definition) is 4. The molecule has 0 spiro atoms. The van der Waals surface area contributed by atoms with Crippen molar-refractivity contribution in [1.82, 2.24) is 15.0 Å². The molecular formula is C9H15N3O. The number of aromatic nitrogens is 2. The van der Waals surface area contributed by atoms with Crippen molar-refractivity contribution < 1.29 is 4.52 Å². The summed E-state index contributed by atoms with van der Waals surface area (Å²) in [5.74, 6) is 1.47. The van der Waals surface area contributed by atoms with Crippen molar-refractivity contribution in [2.45, 2.75) is 32.2 Å². The number of hydrogen-bond donors (Lipinski definition) is 0. The summed E-state index contributed by atoms with van der Waals surface area (Å²) in [6, 6.07) is 0. The molecule has 1 fully saturated rings. The first kappa shape index (κ1) is 8.69. The summed E-state index contributed by atoms with van der Waals surface area (Å²) >= 11 is 0. The van der Waals surface area contributed by atoms with Crippen molar-refractivity contribution in [3.8, 4) is 0 Å². The molecule has 1 aliphatic heterocycles. The van der Waals surface area contributed by atoms with Crippen LogP contribution in [0.25, 0.3) is 0 Å². The van der Waals surface area contributed by atoms with Crippen molar-refractivity contribution >= 4 is 0 Å². The van der Waals surface area contributed by atoms with Gasteiger partial charge >= 0.3 is 0 Å². The second-order valence-corrected chi connectivity index (χ2v) is 3.95. The van der Waals surface area contributed by atoms with Gasteiger partial charge in [0.05, 0.1) is 5.54 Å². The Hall–Kier alpha value is -0.900. The lowest BCUT2D eigenvalue weighted by molar-refractivity contribution is 0.143. The maximum atomic E-state index is 5.22. The van der Waals surface area contributed by atoms with Crippen LogP contribution in [0.3, 0.4) is 0 Å². The third kappa shape index (κ3) is 1.25. The molecule has 0 aromatic carbocycles. The van der Waals surface area contributed by atoms with Gasteiger partial charge in [0.1, 0.15) is 0 Å². The van der Waals surface area contributed by atoms with Crippen molar-refractivity contribution in [1.29, 1.82) is 0 Å². The quantitative estimate of drug-likeness (QED) is 0.655. The van der Waals surface area contributed by atoms with Crippen LogP contribution >= 0.6 is 0 Å². The zero-order chi connectivity index (χ0) is 9.47. The molecule has 0 aliphatic carbocycles. The molecule has 0 bridgehead atoms. The monoisotopic (exact) mass is 181 g/mol. The lowest BCUT2D eigenvalue weighted by atomic mass is 9.99. The molecule has 4 nitrogen and oxygen atoms in total. The highest BCUT2D eigenvalue weighted by Gasteiger charge is 2.40. The topological polar surface area (TPSA) is 42.2 Å². The number of nitrogens with zero attached hydrogens (tertiary/aromatic N) is 3. The third-order valence-corrected chi connectivity index (χ3v) is 2.99. The molecule has 1 aromatic heterocycles. The van der Waals surface area contributed by atoms with Crippen molar-refractivity contribution in [2.24, 2.45) is 0 Å². The van der Waals surface area contributed by atoms with E-state index in [0.717, 1.165) is 24.7 Å². The molecule has 1 atom stereocenters. The zero-order valence-electron chi connectivity index (χ0n) is 8.37. The van der Waals surface area contributed by atoms with Gasteiger partial charge in [0.2, 0.25) is 5.89 Å². The standard InChI is InChI=1S/C9H15N3O/c1-7-10-8(13-11-7)9(2)5-4-6-12(9)3/h4-6H2,1-3H3. The van der Waals surface area contributed by atoms with E-state index in [0.29, 0.717) is 0 Å². The van der Waals surface area contributed by atoms with Crippen LogP contribution in [0.5, 0.6) is 0 Å². The fourth-order valence-corrected chi connectivity index (χ4v) is 1.88. The highest BCUT2D eigenvalue weighted by molar-refractivity contribution is 5.04. The Bertz CT molecular complexity index is 310. The molecule has 1 aromatic rings. The van der Waals surface area contributed by atoms with Gasteiger partial charge in [0.25, 0.3) is 0 Å². The lowest BCUT2D eigenvalue weighted by Gasteiger charge is -2.27. The maximum Gasteiger partial charge on any atom is 0.246 e. The van der Waals surface area contributed by atoms with Crippen LogP contribution in [0.15, 0.2) is 4.52 Å². The van der Waals surface area contributed by atoms with E-state index in [1.807, 2.05) is 6.92 Å². The first-order valence-corrected chi connectivity index (χ1v) is 4.65. The van der Waals surface area contributed by atoms with E-state index in [9.17, 15) is 0 Å². The van der Waals surface area contributed by atoms with Gasteiger partial charge in [0, 0.05) is 0 Å². The van der Waals surface area contributed by atoms with Gasteiger partial charge in [0.15, 0.2) is 5.82 Å². The van der Waals surface area contributed by atoms with Gasteiger partial charge in [-0.2, -0.15) is 4.98 Å². The summed E-state index contributed by atoms with van der Waals surface area (Å²) in [5, 5.41) is 3.83. The fraction of sp³-hybridized carbons (Fsp3) is 0.778. The predicted molar refractivity (Wildman–Crippen MR) is 48.3 cm³/mol. The van der Waals surface area contributed by atoms with Crippen LogP contribution < -0.4 is 0 Å². The van der Waals surface area contributed by atoms with Gasteiger partial charge in [-0.3, -0.25) is 4.90 Å². The van der Waals surface area contributed by atoms with Gasteiger partial charge in [-0.05, 0) is 40.3 Å². The Balaban J connectivity index is 2.33. The maximum absolute atomic E-state index is 5.22. The van der Waals surface area contributed by atoms with Crippen molar-refractivity contribution in [2.75, 3.05) is 13.6 Å². The Morgan fingerprint density at radius 2 is 2.31 bits per heavy atom. The Morgan fingerprint density at radius 1 is 1.54 bits per heavy atom. The minimum absolute atomic E-state index is 0.0404. The molecule has 0 radical (unpaired) electrons. The number of rotatable bonds is 1. The fourth-order valence-electron chi connectivity index (χ4n) is 1.88. The molecule has 2 rings (SSSR count). The van der Waals surface area contributed by atoms with E-state index in [2.05, 4.69) is 29.0 Å². The van der Waals surface area contributed by atoms with Gasteiger partial charge in [-0.1, -0.05) is 5.16 Å². The first-order chi connectivity index (χ1) is 6.13. The highest BCUT2D eigenvalue weighted by atomic mass is 16.5. The number of likely N-dealkylation sites (tertiary alicyclic amines) is 1. The third-order valence-electron chi connectivity index (χ3n) is 2.99. The van der Waals surface area contributed by atoms with Crippen molar-refractivity contribution in [3.05, 3.63) is 11.7 Å². The second-order valence-electron chi connectivity index (χ2n) is 3.95. The average Bonchev–Trinajstić information content (AvgIpc) is 2.62. The molecule has 1 saturated heterocycles. The van der Waals surface area contributed by atoms with Crippen LogP contribution in [0.4, 0.5) is 0 Å². The average molecular weight is 181 g/mol. The van der Waals surface area contributed by atoms with E-state index in [1.54, 1.807) is 0 Å². The second kappa shape index (κ2) is 2.80. The molecule has 0 saturated carbocycles. The Labute approximate surface area is 77.9 Å². The van der Waals surface area contributed by atoms with Crippen LogP contribution in [0.2, 0.25) is 0 Å². The minimum Gasteiger partial charge on any atom is -0.337 e. The van der Waals surface area contributed by atoms with Crippen LogP contribution in [0, 0.1) is 6.92 Å². The van der Waals surface area contributed by atoms with Gasteiger partial charge < -0.3 is 4.52 Å². The van der Waals surface area contributed by atoms with Gasteiger partial charge in [-0.25, -0.2) is 0 Å². The summed E-state index contributed by atoms with van der Waals surface area (Å²) in [7, 11) is 2.10. The van der Waals surface area contributed by atoms with E-state index >= 15 is 0 Å². The summed E-state index contributed by atoms with van der Waals surface area (Å²) in [6.07, 6.45) is 2.31. The molecule has 2 heterocycles. The Kier molecular flexibility index (Phi) is 1.87. The van der Waals surface area contributed by atoms with E-state index in [1.165, 1.54) is 6.42 Å². The normalized spacial score (nSPS) is 29.8. The number of aryl methyl sites for hydroxylation is 1. The lowest BCUT2D eigenvalue weighted by Crippen LogP contribution is -2.35. The molecule has 4 heteroatoms. The summed E-state index contributed by atoms with van der Waals surface area (Å²) < 4.78 is 5.22. The highest BCUT2D eigenvalue weighted by Crippen LogP contribution is 2.35. The van der Waals surface area contributed by atoms with Crippen molar-refractivity contribution in [3.63, 3.8) is 0 Å². The predicted octanol–water partition coefficient (Wildman–Crippen LogP) is 1.32. The Morgan fingerprint density at radius 3 is 2.77 bits per heavy atom. The molecule has 0 N–H and O–H groups in total. The molecule has 72 valence electrons. The molecule has 0 amide bonds. The van der Waals surface area contributed by atoms with Crippen LogP contribution in [0.1, 0.15) is 31.5 Å². The van der Waals surface area contributed by atoms with E-state index in [-0.39, 0.29) is 5.54 Å². The molecular weight excluding hydrogens is 166 g/mol. The van der Waals surface area contributed by atoms with Gasteiger partial charge in [-0.15, -0.1) is 0 Å². The first-order valence-electron chi connectivity index (χ1n) is 4.65. The summed E-state index contributed by atoms with van der Waals surface area (Å²) in [4.78, 5) is 6.57. The largest absolute Gasteiger partial charge is 0.337 e. The van der Waals surface area contributed by atoms with E-state index in [4.69, 9.17) is 4.52 Å².